The van der Waals surface area contributed by atoms with E-state index in [1.54, 1.807) is 23.6 Å². The van der Waals surface area contributed by atoms with Crippen molar-refractivity contribution >= 4 is 22.4 Å². The van der Waals surface area contributed by atoms with E-state index in [1.165, 1.54) is 17.4 Å². The Morgan fingerprint density at radius 2 is 1.84 bits per heavy atom. The molecule has 6 nitrogen and oxygen atoms in total. The van der Waals surface area contributed by atoms with Crippen LogP contribution < -0.4 is 10.1 Å². The topological polar surface area (TPSA) is 69.0 Å². The highest BCUT2D eigenvalue weighted by Crippen LogP contribution is 2.33. The zero-order valence-corrected chi connectivity index (χ0v) is 18.2. The van der Waals surface area contributed by atoms with Crippen LogP contribution in [0, 0.1) is 13.8 Å². The summed E-state index contributed by atoms with van der Waals surface area (Å²) in [5.74, 6) is -0.202. The maximum absolute atomic E-state index is 12.7. The summed E-state index contributed by atoms with van der Waals surface area (Å²) in [4.78, 5) is 17.1. The number of carbonyl (C=O) groups is 1. The van der Waals surface area contributed by atoms with Gasteiger partial charge < -0.3 is 10.1 Å². The molecule has 0 atom stereocenters. The van der Waals surface area contributed by atoms with Crippen molar-refractivity contribution in [1.82, 2.24) is 14.8 Å². The fourth-order valence-corrected chi connectivity index (χ4v) is 4.13. The van der Waals surface area contributed by atoms with Crippen molar-refractivity contribution in [2.45, 2.75) is 26.9 Å². The summed E-state index contributed by atoms with van der Waals surface area (Å²) in [6.07, 6.45) is 0.143. The first-order valence-corrected chi connectivity index (χ1v) is 10.7. The van der Waals surface area contributed by atoms with Gasteiger partial charge in [0.05, 0.1) is 23.5 Å². The molecule has 2 heterocycles. The molecule has 9 heteroatoms. The van der Waals surface area contributed by atoms with Crippen molar-refractivity contribution in [2.24, 2.45) is 0 Å². The SMILES string of the molecule is Cc1nn(-c2ccccc2)c(C)c1CC(=O)Nc1nc(-c2ccccc2OC(F)F)cs1. The molecule has 0 saturated carbocycles. The van der Waals surface area contributed by atoms with E-state index >= 15 is 0 Å². The van der Waals surface area contributed by atoms with Crippen LogP contribution in [0.4, 0.5) is 13.9 Å². The number of aryl methyl sites for hydroxylation is 1. The summed E-state index contributed by atoms with van der Waals surface area (Å²) in [7, 11) is 0. The van der Waals surface area contributed by atoms with Gasteiger partial charge in [-0.3, -0.25) is 4.79 Å². The lowest BCUT2D eigenvalue weighted by molar-refractivity contribution is -0.115. The number of halogens is 2. The third-order valence-electron chi connectivity index (χ3n) is 4.91. The molecule has 4 rings (SSSR count). The van der Waals surface area contributed by atoms with Crippen LogP contribution in [0.1, 0.15) is 17.0 Å². The molecule has 0 radical (unpaired) electrons. The van der Waals surface area contributed by atoms with Gasteiger partial charge in [-0.15, -0.1) is 11.3 Å². The van der Waals surface area contributed by atoms with Crippen molar-refractivity contribution in [3.63, 3.8) is 0 Å². The van der Waals surface area contributed by atoms with Gasteiger partial charge in [-0.1, -0.05) is 30.3 Å². The molecule has 1 amide bonds. The van der Waals surface area contributed by atoms with E-state index in [0.29, 0.717) is 16.4 Å². The normalized spacial score (nSPS) is 11.0. The fraction of sp³-hybridized carbons (Fsp3) is 0.174. The summed E-state index contributed by atoms with van der Waals surface area (Å²) >= 11 is 1.21. The maximum atomic E-state index is 12.7. The highest BCUT2D eigenvalue weighted by atomic mass is 32.1. The first-order valence-electron chi connectivity index (χ1n) is 9.82. The van der Waals surface area contributed by atoms with E-state index in [4.69, 9.17) is 0 Å². The monoisotopic (exact) mass is 454 g/mol. The third kappa shape index (κ3) is 4.67. The number of aromatic nitrogens is 3. The number of ether oxygens (including phenoxy) is 1. The molecule has 2 aromatic carbocycles. The molecule has 0 saturated heterocycles. The van der Waals surface area contributed by atoms with Crippen molar-refractivity contribution < 1.29 is 18.3 Å². The molecule has 0 unspecified atom stereocenters. The van der Waals surface area contributed by atoms with Crippen LogP contribution >= 0.6 is 11.3 Å². The van der Waals surface area contributed by atoms with Crippen LogP contribution in [0.3, 0.4) is 0 Å². The summed E-state index contributed by atoms with van der Waals surface area (Å²) in [6, 6.07) is 16.1. The Kier molecular flexibility index (Phi) is 6.27. The molecular formula is C23H20F2N4O2S. The van der Waals surface area contributed by atoms with Crippen LogP contribution in [0.5, 0.6) is 5.75 Å². The van der Waals surface area contributed by atoms with Crippen molar-refractivity contribution in [3.8, 4) is 22.7 Å². The number of thiazole rings is 1. The Morgan fingerprint density at radius 1 is 1.12 bits per heavy atom. The van der Waals surface area contributed by atoms with Crippen molar-refractivity contribution in [1.29, 1.82) is 0 Å². The van der Waals surface area contributed by atoms with Gasteiger partial charge >= 0.3 is 6.61 Å². The second-order valence-electron chi connectivity index (χ2n) is 7.03. The van der Waals surface area contributed by atoms with Crippen LogP contribution in [-0.4, -0.2) is 27.3 Å². The van der Waals surface area contributed by atoms with Crippen LogP contribution in [0.2, 0.25) is 0 Å². The number of para-hydroxylation sites is 2. The number of carbonyl (C=O) groups excluding carboxylic acids is 1. The van der Waals surface area contributed by atoms with Gasteiger partial charge in [0.15, 0.2) is 5.13 Å². The van der Waals surface area contributed by atoms with Crippen LogP contribution in [-0.2, 0) is 11.2 Å². The Labute approximate surface area is 187 Å². The van der Waals surface area contributed by atoms with Gasteiger partial charge in [-0.25, -0.2) is 9.67 Å². The average molecular weight is 455 g/mol. The third-order valence-corrected chi connectivity index (χ3v) is 5.67. The minimum atomic E-state index is -2.93. The lowest BCUT2D eigenvalue weighted by atomic mass is 10.1. The Morgan fingerprint density at radius 3 is 2.59 bits per heavy atom. The molecule has 0 aliphatic carbocycles. The minimum absolute atomic E-state index is 0.0326. The second kappa shape index (κ2) is 9.27. The maximum Gasteiger partial charge on any atom is 0.387 e. The number of nitrogens with zero attached hydrogens (tertiary/aromatic N) is 3. The van der Waals surface area contributed by atoms with E-state index in [9.17, 15) is 13.6 Å². The first kappa shape index (κ1) is 21.6. The zero-order valence-electron chi connectivity index (χ0n) is 17.4. The van der Waals surface area contributed by atoms with E-state index in [2.05, 4.69) is 20.1 Å². The van der Waals surface area contributed by atoms with Crippen molar-refractivity contribution in [2.75, 3.05) is 5.32 Å². The smallest absolute Gasteiger partial charge is 0.387 e. The molecule has 1 N–H and O–H groups in total. The highest BCUT2D eigenvalue weighted by molar-refractivity contribution is 7.14. The molecule has 164 valence electrons. The molecular weight excluding hydrogens is 434 g/mol. The summed E-state index contributed by atoms with van der Waals surface area (Å²) in [5.41, 5.74) is 4.32. The predicted octanol–water partition coefficient (Wildman–Crippen LogP) is 5.40. The van der Waals surface area contributed by atoms with Gasteiger partial charge in [-0.2, -0.15) is 13.9 Å². The van der Waals surface area contributed by atoms with Gasteiger partial charge in [-0.05, 0) is 38.1 Å². The number of amides is 1. The second-order valence-corrected chi connectivity index (χ2v) is 7.89. The number of hydrogen-bond donors (Lipinski definition) is 1. The Balaban J connectivity index is 1.49. The van der Waals surface area contributed by atoms with Gasteiger partial charge in [0.25, 0.3) is 0 Å². The van der Waals surface area contributed by atoms with Crippen molar-refractivity contribution in [3.05, 3.63) is 76.9 Å². The number of anilines is 1. The Hall–Kier alpha value is -3.59. The van der Waals surface area contributed by atoms with Crippen LogP contribution in [0.25, 0.3) is 16.9 Å². The zero-order chi connectivity index (χ0) is 22.7. The molecule has 0 aliphatic heterocycles. The molecule has 0 bridgehead atoms. The fourth-order valence-electron chi connectivity index (χ4n) is 3.41. The first-order chi connectivity index (χ1) is 15.4. The Bertz CT molecular complexity index is 1240. The number of nitrogens with one attached hydrogen (secondary N) is 1. The summed E-state index contributed by atoms with van der Waals surface area (Å²) in [5, 5.41) is 9.42. The highest BCUT2D eigenvalue weighted by Gasteiger charge is 2.18. The molecule has 4 aromatic rings. The molecule has 32 heavy (non-hydrogen) atoms. The molecule has 0 aliphatic rings. The number of hydrogen-bond acceptors (Lipinski definition) is 5. The number of benzene rings is 2. The molecule has 0 fully saturated rings. The summed E-state index contributed by atoms with van der Waals surface area (Å²) < 4.78 is 31.7. The molecule has 2 aromatic heterocycles. The lowest BCUT2D eigenvalue weighted by Crippen LogP contribution is -2.15. The minimum Gasteiger partial charge on any atom is -0.434 e. The predicted molar refractivity (Wildman–Crippen MR) is 120 cm³/mol. The average Bonchev–Trinajstić information content (AvgIpc) is 3.34. The van der Waals surface area contributed by atoms with Crippen LogP contribution in [0.15, 0.2) is 60.0 Å². The van der Waals surface area contributed by atoms with E-state index in [1.807, 2.05) is 48.9 Å². The largest absolute Gasteiger partial charge is 0.434 e. The standard InChI is InChI=1S/C23H20F2N4O2S/c1-14-18(15(2)29(28-14)16-8-4-3-5-9-16)12-21(30)27-23-26-19(13-32-23)17-10-6-7-11-20(17)31-22(24)25/h3-11,13,22H,12H2,1-2H3,(H,26,27,30). The molecule has 0 spiro atoms. The number of alkyl halides is 2. The van der Waals surface area contributed by atoms with Gasteiger partial charge in [0, 0.05) is 22.2 Å². The van der Waals surface area contributed by atoms with E-state index in [0.717, 1.165) is 22.6 Å². The lowest BCUT2D eigenvalue weighted by Gasteiger charge is -2.08. The van der Waals surface area contributed by atoms with E-state index < -0.39 is 6.61 Å². The van der Waals surface area contributed by atoms with Gasteiger partial charge in [0.1, 0.15) is 5.75 Å². The van der Waals surface area contributed by atoms with Gasteiger partial charge in [0.2, 0.25) is 5.91 Å². The quantitative estimate of drug-likeness (QED) is 0.406. The summed E-state index contributed by atoms with van der Waals surface area (Å²) in [6.45, 7) is 0.866. The van der Waals surface area contributed by atoms with E-state index in [-0.39, 0.29) is 18.1 Å². The number of rotatable bonds is 7.